The van der Waals surface area contributed by atoms with Crippen LogP contribution in [0.25, 0.3) is 10.9 Å². The second kappa shape index (κ2) is 13.4. The van der Waals surface area contributed by atoms with E-state index < -0.39 is 17.6 Å². The van der Waals surface area contributed by atoms with Crippen LogP contribution in [0.4, 0.5) is 18.9 Å². The molecule has 0 saturated carbocycles. The Labute approximate surface area is 275 Å². The first-order valence-corrected chi connectivity index (χ1v) is 15.3. The molecule has 0 radical (unpaired) electrons. The molecule has 0 unspecified atom stereocenters. The van der Waals surface area contributed by atoms with Gasteiger partial charge in [-0.1, -0.05) is 12.1 Å². The van der Waals surface area contributed by atoms with Crippen LogP contribution in [0, 0.1) is 0 Å². The Kier molecular flexibility index (Phi) is 9.09. The van der Waals surface area contributed by atoms with Gasteiger partial charge < -0.3 is 23.8 Å². The second-order valence-corrected chi connectivity index (χ2v) is 11.6. The minimum Gasteiger partial charge on any atom is -0.497 e. The largest absolute Gasteiger partial charge is 0.497 e. The number of amides is 2. The molecular formula is C36H34F3N5O4. The van der Waals surface area contributed by atoms with E-state index in [1.807, 2.05) is 46.8 Å². The molecule has 9 nitrogen and oxygen atoms in total. The first kappa shape index (κ1) is 32.6. The van der Waals surface area contributed by atoms with Gasteiger partial charge in [-0.2, -0.15) is 13.2 Å². The molecule has 6 rings (SSSR count). The number of carbonyl (C=O) groups excluding carboxylic acids is 2. The van der Waals surface area contributed by atoms with Crippen LogP contribution in [0.5, 0.6) is 17.4 Å². The minimum atomic E-state index is -4.48. The van der Waals surface area contributed by atoms with E-state index >= 15 is 0 Å². The lowest BCUT2D eigenvalue weighted by atomic mass is 10.1. The van der Waals surface area contributed by atoms with Gasteiger partial charge in [0, 0.05) is 69.9 Å². The van der Waals surface area contributed by atoms with E-state index in [0.717, 1.165) is 60.6 Å². The highest BCUT2D eigenvalue weighted by molar-refractivity contribution is 6.05. The summed E-state index contributed by atoms with van der Waals surface area (Å²) in [6, 6.07) is 22.8. The molecule has 0 spiro atoms. The number of halogens is 3. The third kappa shape index (κ3) is 6.98. The first-order valence-electron chi connectivity index (χ1n) is 15.3. The molecule has 1 fully saturated rings. The van der Waals surface area contributed by atoms with Crippen LogP contribution >= 0.6 is 0 Å². The van der Waals surface area contributed by atoms with Crippen molar-refractivity contribution >= 4 is 28.4 Å². The van der Waals surface area contributed by atoms with Gasteiger partial charge >= 0.3 is 6.18 Å². The fourth-order valence-corrected chi connectivity index (χ4v) is 5.70. The molecular weight excluding hydrogens is 623 g/mol. The van der Waals surface area contributed by atoms with E-state index in [4.69, 9.17) is 9.47 Å². The van der Waals surface area contributed by atoms with Gasteiger partial charge in [0.25, 0.3) is 11.8 Å². The molecule has 48 heavy (non-hydrogen) atoms. The van der Waals surface area contributed by atoms with Gasteiger partial charge in [-0.15, -0.1) is 0 Å². The van der Waals surface area contributed by atoms with Crippen LogP contribution in [0.3, 0.4) is 0 Å². The molecule has 1 saturated heterocycles. The number of hydrogen-bond donors (Lipinski definition) is 0. The molecule has 0 bridgehead atoms. The molecule has 5 aromatic rings. The first-order chi connectivity index (χ1) is 23.0. The van der Waals surface area contributed by atoms with E-state index in [1.54, 1.807) is 25.3 Å². The number of methoxy groups -OCH3 is 1. The van der Waals surface area contributed by atoms with E-state index in [0.29, 0.717) is 30.2 Å². The molecule has 0 atom stereocenters. The normalized spacial score (nSPS) is 13.8. The maximum atomic E-state index is 13.5. The summed E-state index contributed by atoms with van der Waals surface area (Å²) >= 11 is 0. The van der Waals surface area contributed by atoms with Gasteiger partial charge in [-0.3, -0.25) is 14.5 Å². The number of fused-ring (bicyclic) bond motifs is 1. The predicted octanol–water partition coefficient (Wildman–Crippen LogP) is 6.63. The number of piperazine rings is 1. The maximum Gasteiger partial charge on any atom is 0.416 e. The van der Waals surface area contributed by atoms with Crippen molar-refractivity contribution in [2.75, 3.05) is 45.2 Å². The Balaban J connectivity index is 1.07. The van der Waals surface area contributed by atoms with Gasteiger partial charge in [0.05, 0.1) is 30.1 Å². The van der Waals surface area contributed by atoms with Crippen molar-refractivity contribution in [2.45, 2.75) is 12.7 Å². The smallest absolute Gasteiger partial charge is 0.416 e. The highest BCUT2D eigenvalue weighted by Crippen LogP contribution is 2.30. The van der Waals surface area contributed by atoms with Crippen LogP contribution in [0.2, 0.25) is 0 Å². The SMILES string of the molecule is COc1ccc(CN2CCN(C(=O)c3cc4ccc(Oc5ccc(N(C)C(=O)c6ccc(C(F)(F)F)cc6)cn5)cc4n3C)CC2)cc1. The standard InChI is InChI=1S/C36H34F3N5O4/c1-41(34(45)25-6-9-27(10-7-25)36(37,38)39)28-11-15-33(40-22-28)48-30-14-8-26-20-32(42(2)31(26)21-30)35(46)44-18-16-43(17-19-44)23-24-4-12-29(47-3)13-5-24/h4-15,20-22H,16-19,23H2,1-3H3. The van der Waals surface area contributed by atoms with Gasteiger partial charge in [0.15, 0.2) is 0 Å². The topological polar surface area (TPSA) is 80.1 Å². The Morgan fingerprint density at radius 1 is 0.875 bits per heavy atom. The summed E-state index contributed by atoms with van der Waals surface area (Å²) in [7, 11) is 5.02. The zero-order valence-electron chi connectivity index (χ0n) is 26.7. The summed E-state index contributed by atoms with van der Waals surface area (Å²) < 4.78 is 51.7. The third-order valence-electron chi connectivity index (χ3n) is 8.55. The van der Waals surface area contributed by atoms with Crippen LogP contribution in [-0.2, 0) is 19.8 Å². The van der Waals surface area contributed by atoms with E-state index in [9.17, 15) is 22.8 Å². The van der Waals surface area contributed by atoms with Gasteiger partial charge in [-0.25, -0.2) is 4.98 Å². The fourth-order valence-electron chi connectivity index (χ4n) is 5.70. The molecule has 2 amide bonds. The molecule has 1 aliphatic rings. The Bertz CT molecular complexity index is 1920. The quantitative estimate of drug-likeness (QED) is 0.187. The second-order valence-electron chi connectivity index (χ2n) is 11.6. The molecule has 0 N–H and O–H groups in total. The summed E-state index contributed by atoms with van der Waals surface area (Å²) in [5.74, 6) is 1.13. The van der Waals surface area contributed by atoms with Crippen molar-refractivity contribution in [1.82, 2.24) is 19.4 Å². The number of nitrogens with zero attached hydrogens (tertiary/aromatic N) is 5. The molecule has 0 aliphatic carbocycles. The number of rotatable bonds is 8. The number of aryl methyl sites for hydroxylation is 1. The molecule has 3 heterocycles. The van der Waals surface area contributed by atoms with E-state index in [1.165, 1.54) is 23.7 Å². The van der Waals surface area contributed by atoms with Crippen molar-refractivity contribution in [3.8, 4) is 17.4 Å². The van der Waals surface area contributed by atoms with Crippen LogP contribution < -0.4 is 14.4 Å². The van der Waals surface area contributed by atoms with Crippen LogP contribution in [0.1, 0.15) is 32.0 Å². The lowest BCUT2D eigenvalue weighted by Gasteiger charge is -2.34. The van der Waals surface area contributed by atoms with Crippen molar-refractivity contribution < 1.29 is 32.2 Å². The molecule has 2 aromatic heterocycles. The predicted molar refractivity (Wildman–Crippen MR) is 176 cm³/mol. The van der Waals surface area contributed by atoms with Crippen molar-refractivity contribution in [3.05, 3.63) is 114 Å². The van der Waals surface area contributed by atoms with E-state index in [-0.39, 0.29) is 17.4 Å². The zero-order valence-corrected chi connectivity index (χ0v) is 26.7. The number of alkyl halides is 3. The molecule has 12 heteroatoms. The van der Waals surface area contributed by atoms with Crippen LogP contribution in [-0.4, -0.2) is 71.5 Å². The summed E-state index contributed by atoms with van der Waals surface area (Å²) in [6.45, 7) is 3.66. The zero-order chi connectivity index (χ0) is 34.0. The molecule has 1 aliphatic heterocycles. The summed E-state index contributed by atoms with van der Waals surface area (Å²) in [5.41, 5.74) is 2.35. The number of pyridine rings is 1. The average Bonchev–Trinajstić information content (AvgIpc) is 3.43. The summed E-state index contributed by atoms with van der Waals surface area (Å²) in [6.07, 6.45) is -3.03. The number of hydrogen-bond acceptors (Lipinski definition) is 6. The van der Waals surface area contributed by atoms with Crippen molar-refractivity contribution in [1.29, 1.82) is 0 Å². The van der Waals surface area contributed by atoms with Crippen molar-refractivity contribution in [3.63, 3.8) is 0 Å². The highest BCUT2D eigenvalue weighted by Gasteiger charge is 2.30. The van der Waals surface area contributed by atoms with Gasteiger partial charge in [0.1, 0.15) is 17.2 Å². The number of ether oxygens (including phenoxy) is 2. The van der Waals surface area contributed by atoms with Gasteiger partial charge in [0.2, 0.25) is 5.88 Å². The maximum absolute atomic E-state index is 13.5. The van der Waals surface area contributed by atoms with E-state index in [2.05, 4.69) is 22.0 Å². The minimum absolute atomic E-state index is 0.0208. The average molecular weight is 658 g/mol. The lowest BCUT2D eigenvalue weighted by molar-refractivity contribution is -0.137. The molecule has 248 valence electrons. The highest BCUT2D eigenvalue weighted by atomic mass is 19.4. The van der Waals surface area contributed by atoms with Crippen LogP contribution in [0.15, 0.2) is 91.1 Å². The third-order valence-corrected chi connectivity index (χ3v) is 8.55. The monoisotopic (exact) mass is 657 g/mol. The number of aromatic nitrogens is 2. The number of benzene rings is 3. The number of anilines is 1. The van der Waals surface area contributed by atoms with Crippen molar-refractivity contribution in [2.24, 2.45) is 7.05 Å². The Morgan fingerprint density at radius 3 is 2.19 bits per heavy atom. The molecule has 3 aromatic carbocycles. The Morgan fingerprint density at radius 2 is 1.56 bits per heavy atom. The summed E-state index contributed by atoms with van der Waals surface area (Å²) in [4.78, 5) is 36.2. The lowest BCUT2D eigenvalue weighted by Crippen LogP contribution is -2.48. The Hall–Kier alpha value is -5.36. The van der Waals surface area contributed by atoms with Gasteiger partial charge in [-0.05, 0) is 66.2 Å². The fraction of sp³-hybridized carbons (Fsp3) is 0.250. The number of carbonyl (C=O) groups is 2. The summed E-state index contributed by atoms with van der Waals surface area (Å²) in [5, 5.41) is 0.901.